The Morgan fingerprint density at radius 2 is 2.00 bits per heavy atom. The minimum absolute atomic E-state index is 0.0872. The lowest BCUT2D eigenvalue weighted by Gasteiger charge is -2.39. The molecule has 0 aromatic carbocycles. The van der Waals surface area contributed by atoms with Crippen molar-refractivity contribution in [2.24, 2.45) is 0 Å². The van der Waals surface area contributed by atoms with Crippen LogP contribution in [0.15, 0.2) is 6.07 Å². The summed E-state index contributed by atoms with van der Waals surface area (Å²) in [6.45, 7) is 1.75. The summed E-state index contributed by atoms with van der Waals surface area (Å²) in [6.07, 6.45) is 2.40. The number of aromatic nitrogens is 1. The number of hydrogen-bond donors (Lipinski definition) is 1. The summed E-state index contributed by atoms with van der Waals surface area (Å²) < 4.78 is 13.5. The standard InChI is InChI=1S/C12H16ClFN4/c1-17-7-2-3-8(17)6-18(5-7)10-4-9(15)11(13)12(14)16-10/h4,7-8H,2-3,5-6H2,1H3,(H2,15,16). The van der Waals surface area contributed by atoms with Gasteiger partial charge in [-0.1, -0.05) is 11.6 Å². The van der Waals surface area contributed by atoms with Crippen molar-refractivity contribution in [1.29, 1.82) is 0 Å². The van der Waals surface area contributed by atoms with E-state index in [1.165, 1.54) is 12.8 Å². The highest BCUT2D eigenvalue weighted by atomic mass is 35.5. The molecule has 2 fully saturated rings. The van der Waals surface area contributed by atoms with Crippen molar-refractivity contribution in [3.05, 3.63) is 17.0 Å². The van der Waals surface area contributed by atoms with Gasteiger partial charge in [0, 0.05) is 31.2 Å². The fourth-order valence-electron chi connectivity index (χ4n) is 2.97. The number of likely N-dealkylation sites (N-methyl/N-ethyl adjacent to an activating group) is 1. The van der Waals surface area contributed by atoms with Crippen LogP contribution in [0.4, 0.5) is 15.9 Å². The molecule has 98 valence electrons. The first kappa shape index (κ1) is 12.0. The maximum Gasteiger partial charge on any atom is 0.235 e. The van der Waals surface area contributed by atoms with Crippen LogP contribution in [0.25, 0.3) is 0 Å². The zero-order valence-electron chi connectivity index (χ0n) is 10.2. The first-order valence-corrected chi connectivity index (χ1v) is 6.52. The van der Waals surface area contributed by atoms with Crippen LogP contribution in [0, 0.1) is 5.95 Å². The first-order chi connectivity index (χ1) is 8.56. The summed E-state index contributed by atoms with van der Waals surface area (Å²) in [6, 6.07) is 2.73. The second-order valence-electron chi connectivity index (χ2n) is 5.13. The van der Waals surface area contributed by atoms with Gasteiger partial charge < -0.3 is 10.6 Å². The Balaban J connectivity index is 1.88. The number of nitrogens with two attached hydrogens (primary N) is 1. The molecule has 0 spiro atoms. The highest BCUT2D eigenvalue weighted by molar-refractivity contribution is 6.33. The van der Waals surface area contributed by atoms with Gasteiger partial charge in [-0.3, -0.25) is 4.90 Å². The number of nitrogen functional groups attached to an aromatic ring is 1. The number of rotatable bonds is 1. The monoisotopic (exact) mass is 270 g/mol. The van der Waals surface area contributed by atoms with Crippen molar-refractivity contribution in [2.45, 2.75) is 24.9 Å². The molecule has 3 rings (SSSR count). The van der Waals surface area contributed by atoms with Gasteiger partial charge >= 0.3 is 0 Å². The lowest BCUT2D eigenvalue weighted by Crippen LogP contribution is -2.52. The molecule has 0 saturated carbocycles. The molecule has 2 N–H and O–H groups in total. The van der Waals surface area contributed by atoms with E-state index < -0.39 is 5.95 Å². The Morgan fingerprint density at radius 1 is 1.39 bits per heavy atom. The van der Waals surface area contributed by atoms with Crippen molar-refractivity contribution in [1.82, 2.24) is 9.88 Å². The molecule has 0 radical (unpaired) electrons. The Morgan fingerprint density at radius 3 is 2.56 bits per heavy atom. The largest absolute Gasteiger partial charge is 0.397 e. The van der Waals surface area contributed by atoms with Crippen LogP contribution in [0.3, 0.4) is 0 Å². The fraction of sp³-hybridized carbons (Fsp3) is 0.583. The van der Waals surface area contributed by atoms with E-state index in [4.69, 9.17) is 17.3 Å². The van der Waals surface area contributed by atoms with Gasteiger partial charge in [-0.2, -0.15) is 4.39 Å². The molecule has 0 amide bonds. The van der Waals surface area contributed by atoms with Crippen LogP contribution in [0.1, 0.15) is 12.8 Å². The van der Waals surface area contributed by atoms with Gasteiger partial charge in [-0.25, -0.2) is 4.98 Å². The van der Waals surface area contributed by atoms with Crippen LogP contribution in [0.2, 0.25) is 5.02 Å². The van der Waals surface area contributed by atoms with Crippen LogP contribution in [-0.2, 0) is 0 Å². The van der Waals surface area contributed by atoms with E-state index in [0.717, 1.165) is 13.1 Å². The van der Waals surface area contributed by atoms with Crippen LogP contribution < -0.4 is 10.6 Å². The predicted octanol–water partition coefficient (Wildman–Crippen LogP) is 1.74. The van der Waals surface area contributed by atoms with Gasteiger partial charge in [0.05, 0.1) is 5.69 Å². The van der Waals surface area contributed by atoms with Gasteiger partial charge in [0.15, 0.2) is 0 Å². The first-order valence-electron chi connectivity index (χ1n) is 6.14. The Bertz CT molecular complexity index is 444. The highest BCUT2D eigenvalue weighted by Gasteiger charge is 2.38. The summed E-state index contributed by atoms with van der Waals surface area (Å²) in [7, 11) is 2.16. The maximum absolute atomic E-state index is 13.5. The molecule has 0 aliphatic carbocycles. The Hall–Kier alpha value is -1.07. The maximum atomic E-state index is 13.5. The third-order valence-corrected chi connectivity index (χ3v) is 4.48. The average molecular weight is 271 g/mol. The second-order valence-corrected chi connectivity index (χ2v) is 5.51. The Labute approximate surface area is 111 Å². The molecule has 2 aliphatic heterocycles. The van der Waals surface area contributed by atoms with Gasteiger partial charge in [0.25, 0.3) is 0 Å². The van der Waals surface area contributed by atoms with Crippen LogP contribution >= 0.6 is 11.6 Å². The second kappa shape index (κ2) is 4.24. The van der Waals surface area contributed by atoms with Crippen molar-refractivity contribution in [3.8, 4) is 0 Å². The van der Waals surface area contributed by atoms with Crippen molar-refractivity contribution >= 4 is 23.1 Å². The molecule has 2 unspecified atom stereocenters. The zero-order valence-corrected chi connectivity index (χ0v) is 11.0. The lowest BCUT2D eigenvalue weighted by molar-refractivity contribution is 0.211. The van der Waals surface area contributed by atoms with Crippen LogP contribution in [0.5, 0.6) is 0 Å². The van der Waals surface area contributed by atoms with Crippen molar-refractivity contribution in [2.75, 3.05) is 30.8 Å². The SMILES string of the molecule is CN1C2CCC1CN(c1cc(N)c(Cl)c(F)n1)C2. The molecular formula is C12H16ClFN4. The predicted molar refractivity (Wildman–Crippen MR) is 70.4 cm³/mol. The van der Waals surface area contributed by atoms with E-state index in [1.807, 2.05) is 0 Å². The van der Waals surface area contributed by atoms with E-state index in [9.17, 15) is 4.39 Å². The third kappa shape index (κ3) is 1.82. The van der Waals surface area contributed by atoms with Crippen molar-refractivity contribution < 1.29 is 4.39 Å². The molecular weight excluding hydrogens is 255 g/mol. The van der Waals surface area contributed by atoms with E-state index in [1.54, 1.807) is 6.07 Å². The highest BCUT2D eigenvalue weighted by Crippen LogP contribution is 2.32. The number of hydrogen-bond acceptors (Lipinski definition) is 4. The minimum atomic E-state index is -0.682. The normalized spacial score (nSPS) is 27.8. The molecule has 1 aromatic rings. The molecule has 2 aliphatic rings. The van der Waals surface area contributed by atoms with Gasteiger partial charge in [-0.15, -0.1) is 0 Å². The number of halogens is 2. The van der Waals surface area contributed by atoms with E-state index in [-0.39, 0.29) is 10.7 Å². The number of anilines is 2. The van der Waals surface area contributed by atoms with Crippen LogP contribution in [-0.4, -0.2) is 42.1 Å². The third-order valence-electron chi connectivity index (χ3n) is 4.10. The van der Waals surface area contributed by atoms with E-state index >= 15 is 0 Å². The molecule has 4 nitrogen and oxygen atoms in total. The summed E-state index contributed by atoms with van der Waals surface area (Å²) >= 11 is 5.69. The fourth-order valence-corrected chi connectivity index (χ4v) is 3.06. The van der Waals surface area contributed by atoms with E-state index in [0.29, 0.717) is 17.9 Å². The number of piperazine rings is 1. The molecule has 2 saturated heterocycles. The topological polar surface area (TPSA) is 45.4 Å². The summed E-state index contributed by atoms with van der Waals surface area (Å²) in [4.78, 5) is 8.43. The average Bonchev–Trinajstić information content (AvgIpc) is 2.57. The molecule has 1 aromatic heterocycles. The molecule has 18 heavy (non-hydrogen) atoms. The summed E-state index contributed by atoms with van der Waals surface area (Å²) in [5.41, 5.74) is 5.95. The molecule has 2 bridgehead atoms. The van der Waals surface area contributed by atoms with Gasteiger partial charge in [0.2, 0.25) is 5.95 Å². The van der Waals surface area contributed by atoms with Crippen molar-refractivity contribution in [3.63, 3.8) is 0 Å². The van der Waals surface area contributed by atoms with Gasteiger partial charge in [0.1, 0.15) is 10.8 Å². The molecule has 6 heteroatoms. The summed E-state index contributed by atoms with van der Waals surface area (Å²) in [5.74, 6) is -0.0858. The quantitative estimate of drug-likeness (QED) is 0.790. The zero-order chi connectivity index (χ0) is 12.9. The van der Waals surface area contributed by atoms with E-state index in [2.05, 4.69) is 21.8 Å². The number of pyridine rings is 1. The molecule has 2 atom stereocenters. The van der Waals surface area contributed by atoms with Gasteiger partial charge in [-0.05, 0) is 19.9 Å². The minimum Gasteiger partial charge on any atom is -0.397 e. The smallest absolute Gasteiger partial charge is 0.235 e. The summed E-state index contributed by atoms with van der Waals surface area (Å²) in [5, 5.41) is -0.0872. The Kier molecular flexibility index (Phi) is 2.83. The number of nitrogens with zero attached hydrogens (tertiary/aromatic N) is 3. The molecule has 3 heterocycles. The number of fused-ring (bicyclic) bond motifs is 2. The lowest BCUT2D eigenvalue weighted by atomic mass is 10.2.